The molecule has 0 aromatic heterocycles. The van der Waals surface area contributed by atoms with Gasteiger partial charge in [0.1, 0.15) is 0 Å². The van der Waals surface area contributed by atoms with Crippen molar-refractivity contribution >= 4 is 17.9 Å². The van der Waals surface area contributed by atoms with Crippen LogP contribution >= 0.6 is 0 Å². The number of carboxylic acid groups (broad SMARTS) is 1. The van der Waals surface area contributed by atoms with Gasteiger partial charge in [0.25, 0.3) is 0 Å². The molecule has 0 aromatic carbocycles. The van der Waals surface area contributed by atoms with Gasteiger partial charge in [-0.15, -0.1) is 0 Å². The number of nitrogens with one attached hydrogen (secondary N) is 1. The minimum atomic E-state index is -0.758. The van der Waals surface area contributed by atoms with E-state index in [1.54, 1.807) is 4.90 Å². The Hall–Kier alpha value is -1.79. The van der Waals surface area contributed by atoms with Crippen molar-refractivity contribution in [2.45, 2.75) is 45.4 Å². The summed E-state index contributed by atoms with van der Waals surface area (Å²) in [6.45, 7) is 3.28. The molecule has 1 saturated heterocycles. The van der Waals surface area contributed by atoms with Crippen molar-refractivity contribution in [1.82, 2.24) is 10.2 Å². The van der Waals surface area contributed by atoms with Crippen LogP contribution in [0.3, 0.4) is 0 Å². The molecule has 3 amide bonds. The highest BCUT2D eigenvalue weighted by molar-refractivity contribution is 5.77. The van der Waals surface area contributed by atoms with Crippen molar-refractivity contribution in [2.24, 2.45) is 11.1 Å². The molecule has 4 N–H and O–H groups in total. The Morgan fingerprint density at radius 3 is 2.38 bits per heavy atom. The van der Waals surface area contributed by atoms with Gasteiger partial charge in [0.05, 0.1) is 5.41 Å². The van der Waals surface area contributed by atoms with Crippen LogP contribution < -0.4 is 11.1 Å². The molecule has 0 unspecified atom stereocenters. The average Bonchev–Trinajstić information content (AvgIpc) is 2.44. The van der Waals surface area contributed by atoms with Crippen molar-refractivity contribution in [1.29, 1.82) is 0 Å². The van der Waals surface area contributed by atoms with E-state index in [0.717, 1.165) is 6.42 Å². The summed E-state index contributed by atoms with van der Waals surface area (Å²) in [5, 5.41) is 12.1. The Balaban J connectivity index is 2.39. The first-order valence-corrected chi connectivity index (χ1v) is 7.46. The molecule has 0 aromatic rings. The number of nitrogens with zero attached hydrogens (tertiary/aromatic N) is 1. The Morgan fingerprint density at radius 2 is 1.90 bits per heavy atom. The fourth-order valence-corrected chi connectivity index (χ4v) is 2.76. The zero-order chi connectivity index (χ0) is 15.9. The second-order valence-electron chi connectivity index (χ2n) is 5.62. The summed E-state index contributed by atoms with van der Waals surface area (Å²) in [5.41, 5.74) is 4.34. The van der Waals surface area contributed by atoms with E-state index in [2.05, 4.69) is 5.32 Å². The van der Waals surface area contributed by atoms with Crippen LogP contribution in [0.15, 0.2) is 0 Å². The molecule has 1 heterocycles. The molecule has 0 aliphatic carbocycles. The molecule has 0 atom stereocenters. The highest BCUT2D eigenvalue weighted by atomic mass is 16.4. The Kier molecular flexibility index (Phi) is 6.45. The zero-order valence-electron chi connectivity index (χ0n) is 12.6. The summed E-state index contributed by atoms with van der Waals surface area (Å²) < 4.78 is 0. The van der Waals surface area contributed by atoms with E-state index in [1.807, 2.05) is 6.92 Å². The van der Waals surface area contributed by atoms with Gasteiger partial charge in [-0.25, -0.2) is 4.79 Å². The van der Waals surface area contributed by atoms with E-state index in [-0.39, 0.29) is 18.4 Å². The van der Waals surface area contributed by atoms with E-state index in [9.17, 15) is 19.5 Å². The highest BCUT2D eigenvalue weighted by Crippen LogP contribution is 2.36. The van der Waals surface area contributed by atoms with E-state index in [0.29, 0.717) is 45.3 Å². The summed E-state index contributed by atoms with van der Waals surface area (Å²) in [6.07, 6.45) is 3.22. The van der Waals surface area contributed by atoms with Crippen molar-refractivity contribution in [3.8, 4) is 0 Å². The average molecular weight is 299 g/mol. The lowest BCUT2D eigenvalue weighted by Crippen LogP contribution is -2.49. The van der Waals surface area contributed by atoms with Crippen LogP contribution in [0.2, 0.25) is 0 Å². The smallest absolute Gasteiger partial charge is 0.317 e. The number of urea groups is 1. The fourth-order valence-electron chi connectivity index (χ4n) is 2.76. The van der Waals surface area contributed by atoms with Gasteiger partial charge < -0.3 is 21.1 Å². The maximum atomic E-state index is 11.9. The van der Waals surface area contributed by atoms with Crippen LogP contribution in [-0.2, 0) is 9.59 Å². The van der Waals surface area contributed by atoms with E-state index >= 15 is 0 Å². The van der Waals surface area contributed by atoms with E-state index < -0.39 is 11.4 Å². The standard InChI is InChI=1S/C14H25N3O4/c1-2-5-14(12(19)20)6-9-17(10-7-14)13(21)16-8-3-4-11(15)18/h2-10H2,1H3,(H2,15,18)(H,16,21)(H,19,20). The number of piperidine rings is 1. The molecule has 1 fully saturated rings. The molecular formula is C14H25N3O4. The fraction of sp³-hybridized carbons (Fsp3) is 0.786. The quantitative estimate of drug-likeness (QED) is 0.607. The Bertz CT molecular complexity index is 390. The second kappa shape index (κ2) is 7.85. The number of hydrogen-bond donors (Lipinski definition) is 3. The van der Waals surface area contributed by atoms with Gasteiger partial charge in [0.15, 0.2) is 0 Å². The number of primary amides is 1. The third-order valence-electron chi connectivity index (χ3n) is 4.07. The first-order valence-electron chi connectivity index (χ1n) is 7.46. The van der Waals surface area contributed by atoms with Crippen LogP contribution in [-0.4, -0.2) is 47.5 Å². The molecule has 120 valence electrons. The number of carboxylic acids is 1. The summed E-state index contributed by atoms with van der Waals surface area (Å²) in [5.74, 6) is -1.14. The first-order chi connectivity index (χ1) is 9.91. The predicted octanol–water partition coefficient (Wildman–Crippen LogP) is 0.928. The summed E-state index contributed by atoms with van der Waals surface area (Å²) in [7, 11) is 0. The summed E-state index contributed by atoms with van der Waals surface area (Å²) in [6, 6.07) is -0.199. The maximum absolute atomic E-state index is 11.9. The number of hydrogen-bond acceptors (Lipinski definition) is 3. The van der Waals surface area contributed by atoms with Gasteiger partial charge in [0, 0.05) is 26.1 Å². The SMILES string of the molecule is CCCC1(C(=O)O)CCN(C(=O)NCCCC(N)=O)CC1. The van der Waals surface area contributed by atoms with Crippen LogP contribution in [0.4, 0.5) is 4.79 Å². The van der Waals surface area contributed by atoms with Crippen LogP contribution in [0, 0.1) is 5.41 Å². The van der Waals surface area contributed by atoms with Gasteiger partial charge in [-0.2, -0.15) is 0 Å². The largest absolute Gasteiger partial charge is 0.481 e. The Morgan fingerprint density at radius 1 is 1.29 bits per heavy atom. The van der Waals surface area contributed by atoms with E-state index in [1.165, 1.54) is 0 Å². The van der Waals surface area contributed by atoms with Gasteiger partial charge in [-0.3, -0.25) is 9.59 Å². The number of carbonyl (C=O) groups is 3. The maximum Gasteiger partial charge on any atom is 0.317 e. The molecule has 0 saturated carbocycles. The van der Waals surface area contributed by atoms with Crippen molar-refractivity contribution in [3.63, 3.8) is 0 Å². The minimum absolute atomic E-state index is 0.199. The topological polar surface area (TPSA) is 113 Å². The van der Waals surface area contributed by atoms with Crippen LogP contribution in [0.5, 0.6) is 0 Å². The molecule has 1 rings (SSSR count). The number of nitrogens with two attached hydrogens (primary N) is 1. The van der Waals surface area contributed by atoms with Crippen LogP contribution in [0.25, 0.3) is 0 Å². The monoisotopic (exact) mass is 299 g/mol. The third-order valence-corrected chi connectivity index (χ3v) is 4.07. The van der Waals surface area contributed by atoms with Crippen molar-refractivity contribution in [3.05, 3.63) is 0 Å². The summed E-state index contributed by atoms with van der Waals surface area (Å²) >= 11 is 0. The number of likely N-dealkylation sites (tertiary alicyclic amines) is 1. The zero-order valence-corrected chi connectivity index (χ0v) is 12.6. The molecule has 7 heteroatoms. The molecule has 0 bridgehead atoms. The number of aliphatic carboxylic acids is 1. The molecular weight excluding hydrogens is 274 g/mol. The third kappa shape index (κ3) is 4.91. The molecule has 0 radical (unpaired) electrons. The van der Waals surface area contributed by atoms with Gasteiger partial charge in [-0.1, -0.05) is 13.3 Å². The van der Waals surface area contributed by atoms with E-state index in [4.69, 9.17) is 5.73 Å². The molecule has 0 spiro atoms. The normalized spacial score (nSPS) is 17.3. The lowest BCUT2D eigenvalue weighted by molar-refractivity contribution is -0.152. The first kappa shape index (κ1) is 17.3. The Labute approximate surface area is 124 Å². The summed E-state index contributed by atoms with van der Waals surface area (Å²) in [4.78, 5) is 35.6. The van der Waals surface area contributed by atoms with Gasteiger partial charge in [-0.05, 0) is 25.7 Å². The lowest BCUT2D eigenvalue weighted by atomic mass is 9.75. The van der Waals surface area contributed by atoms with Crippen molar-refractivity contribution < 1.29 is 19.5 Å². The lowest BCUT2D eigenvalue weighted by Gasteiger charge is -2.38. The van der Waals surface area contributed by atoms with Crippen molar-refractivity contribution in [2.75, 3.05) is 19.6 Å². The second-order valence-corrected chi connectivity index (χ2v) is 5.62. The van der Waals surface area contributed by atoms with Gasteiger partial charge in [0.2, 0.25) is 5.91 Å². The number of carbonyl (C=O) groups excluding carboxylic acids is 2. The number of rotatable bonds is 7. The molecule has 7 nitrogen and oxygen atoms in total. The van der Waals surface area contributed by atoms with Crippen LogP contribution in [0.1, 0.15) is 45.4 Å². The molecule has 1 aliphatic heterocycles. The molecule has 21 heavy (non-hydrogen) atoms. The number of amides is 3. The predicted molar refractivity (Wildman–Crippen MR) is 77.6 cm³/mol. The minimum Gasteiger partial charge on any atom is -0.481 e. The molecule has 1 aliphatic rings. The van der Waals surface area contributed by atoms with Gasteiger partial charge >= 0.3 is 12.0 Å². The highest BCUT2D eigenvalue weighted by Gasteiger charge is 2.41.